The summed E-state index contributed by atoms with van der Waals surface area (Å²) in [6.45, 7) is 3.74. The number of pyridine rings is 1. The maximum Gasteiger partial charge on any atom is 0.245 e. The number of aryl methyl sites for hydroxylation is 2. The number of hydrogen-bond acceptors (Lipinski definition) is 5. The molecule has 0 aliphatic carbocycles. The zero-order valence-electron chi connectivity index (χ0n) is 10.0. The molecule has 0 aromatic carbocycles. The Morgan fingerprint density at radius 2 is 1.28 bits per heavy atom. The van der Waals surface area contributed by atoms with E-state index < -0.39 is 0 Å². The number of nitrogens with zero attached hydrogens (tertiary/aromatic N) is 3. The maximum absolute atomic E-state index is 5.32. The lowest BCUT2D eigenvalue weighted by Gasteiger charge is -1.97. The van der Waals surface area contributed by atoms with Gasteiger partial charge in [-0.2, -0.15) is 0 Å². The largest absolute Gasteiger partial charge is 0.443 e. The quantitative estimate of drug-likeness (QED) is 0.690. The summed E-state index contributed by atoms with van der Waals surface area (Å²) in [5, 5.41) is 0. The molecule has 0 saturated carbocycles. The van der Waals surface area contributed by atoms with Gasteiger partial charge in [0.1, 0.15) is 23.9 Å². The highest BCUT2D eigenvalue weighted by molar-refractivity contribution is 5.55. The van der Waals surface area contributed by atoms with Crippen LogP contribution in [0.4, 0.5) is 0 Å². The van der Waals surface area contributed by atoms with Crippen molar-refractivity contribution in [2.75, 3.05) is 0 Å². The first-order chi connectivity index (χ1) is 8.72. The highest BCUT2D eigenvalue weighted by Crippen LogP contribution is 2.21. The molecule has 3 aromatic heterocycles. The molecule has 0 radical (unpaired) electrons. The second-order valence-electron chi connectivity index (χ2n) is 4.00. The summed E-state index contributed by atoms with van der Waals surface area (Å²) in [4.78, 5) is 12.9. The Morgan fingerprint density at radius 3 is 1.67 bits per heavy atom. The lowest BCUT2D eigenvalue weighted by Crippen LogP contribution is -1.88. The average Bonchev–Trinajstić information content (AvgIpc) is 2.98. The van der Waals surface area contributed by atoms with Crippen LogP contribution in [0.25, 0.3) is 23.2 Å². The van der Waals surface area contributed by atoms with Gasteiger partial charge in [0.15, 0.2) is 0 Å². The number of rotatable bonds is 2. The van der Waals surface area contributed by atoms with Crippen molar-refractivity contribution in [2.24, 2.45) is 0 Å². The Labute approximate surface area is 104 Å². The summed E-state index contributed by atoms with van der Waals surface area (Å²) in [5.41, 5.74) is 2.97. The van der Waals surface area contributed by atoms with Gasteiger partial charge in [-0.05, 0) is 26.0 Å². The molecule has 0 bridgehead atoms. The second kappa shape index (κ2) is 4.10. The molecule has 0 amide bonds. The van der Waals surface area contributed by atoms with Crippen LogP contribution < -0.4 is 0 Å². The van der Waals surface area contributed by atoms with Crippen LogP contribution in [-0.4, -0.2) is 15.0 Å². The third-order valence-electron chi connectivity index (χ3n) is 2.43. The summed E-state index contributed by atoms with van der Waals surface area (Å²) in [7, 11) is 0. The normalized spacial score (nSPS) is 10.8. The fraction of sp³-hybridized carbons (Fsp3) is 0.154. The van der Waals surface area contributed by atoms with Gasteiger partial charge in [-0.1, -0.05) is 6.07 Å². The molecule has 3 aromatic rings. The Morgan fingerprint density at radius 1 is 0.778 bits per heavy atom. The molecule has 5 nitrogen and oxygen atoms in total. The molecule has 0 fully saturated rings. The first-order valence-electron chi connectivity index (χ1n) is 5.54. The molecular weight excluding hydrogens is 230 g/mol. The molecule has 0 saturated heterocycles. The Kier molecular flexibility index (Phi) is 2.44. The Hall–Kier alpha value is -2.43. The zero-order chi connectivity index (χ0) is 12.5. The summed E-state index contributed by atoms with van der Waals surface area (Å²) >= 11 is 0. The van der Waals surface area contributed by atoms with E-state index in [1.807, 2.05) is 32.0 Å². The first-order valence-corrected chi connectivity index (χ1v) is 5.54. The van der Waals surface area contributed by atoms with Crippen molar-refractivity contribution in [1.82, 2.24) is 15.0 Å². The monoisotopic (exact) mass is 241 g/mol. The van der Waals surface area contributed by atoms with Gasteiger partial charge in [0.2, 0.25) is 11.8 Å². The Bertz CT molecular complexity index is 629. The van der Waals surface area contributed by atoms with E-state index in [1.54, 1.807) is 12.5 Å². The van der Waals surface area contributed by atoms with Crippen molar-refractivity contribution < 1.29 is 8.83 Å². The predicted octanol–water partition coefficient (Wildman–Crippen LogP) is 3.01. The van der Waals surface area contributed by atoms with Gasteiger partial charge in [-0.3, -0.25) is 0 Å². The van der Waals surface area contributed by atoms with E-state index in [0.717, 1.165) is 11.4 Å². The molecule has 0 atom stereocenters. The van der Waals surface area contributed by atoms with Crippen LogP contribution in [-0.2, 0) is 0 Å². The third-order valence-corrected chi connectivity index (χ3v) is 2.43. The summed E-state index contributed by atoms with van der Waals surface area (Å²) < 4.78 is 10.6. The number of aromatic nitrogens is 3. The molecule has 3 heterocycles. The van der Waals surface area contributed by atoms with E-state index >= 15 is 0 Å². The SMILES string of the molecule is Cc1coc(-c2cccc(-c3nc(C)co3)n2)n1. The second-order valence-corrected chi connectivity index (χ2v) is 4.00. The van der Waals surface area contributed by atoms with E-state index in [-0.39, 0.29) is 0 Å². The smallest absolute Gasteiger partial charge is 0.245 e. The maximum atomic E-state index is 5.32. The van der Waals surface area contributed by atoms with Crippen LogP contribution >= 0.6 is 0 Å². The number of oxazole rings is 2. The Balaban J connectivity index is 2.04. The van der Waals surface area contributed by atoms with Crippen LogP contribution in [0, 0.1) is 13.8 Å². The molecule has 3 rings (SSSR count). The van der Waals surface area contributed by atoms with Crippen LogP contribution in [0.1, 0.15) is 11.4 Å². The van der Waals surface area contributed by atoms with Crippen LogP contribution in [0.15, 0.2) is 39.6 Å². The van der Waals surface area contributed by atoms with Gasteiger partial charge in [0, 0.05) is 0 Å². The van der Waals surface area contributed by atoms with E-state index in [2.05, 4.69) is 15.0 Å². The van der Waals surface area contributed by atoms with E-state index in [0.29, 0.717) is 23.2 Å². The van der Waals surface area contributed by atoms with Gasteiger partial charge < -0.3 is 8.83 Å². The molecule has 90 valence electrons. The molecule has 0 aliphatic heterocycles. The van der Waals surface area contributed by atoms with Crippen molar-refractivity contribution >= 4 is 0 Å². The van der Waals surface area contributed by atoms with Gasteiger partial charge in [-0.25, -0.2) is 15.0 Å². The molecule has 0 unspecified atom stereocenters. The molecule has 0 spiro atoms. The van der Waals surface area contributed by atoms with Gasteiger partial charge in [0.05, 0.1) is 11.4 Å². The van der Waals surface area contributed by atoms with Crippen LogP contribution in [0.2, 0.25) is 0 Å². The minimum Gasteiger partial charge on any atom is -0.443 e. The van der Waals surface area contributed by atoms with Crippen molar-refractivity contribution in [3.63, 3.8) is 0 Å². The van der Waals surface area contributed by atoms with E-state index in [4.69, 9.17) is 8.83 Å². The van der Waals surface area contributed by atoms with Crippen molar-refractivity contribution in [3.05, 3.63) is 42.1 Å². The summed E-state index contributed by atoms with van der Waals surface area (Å²) in [5.74, 6) is 0.996. The minimum atomic E-state index is 0.498. The highest BCUT2D eigenvalue weighted by atomic mass is 16.3. The fourth-order valence-electron chi connectivity index (χ4n) is 1.62. The molecule has 0 N–H and O–H groups in total. The standard InChI is InChI=1S/C13H11N3O2/c1-8-6-17-12(14-8)10-4-3-5-11(16-10)13-15-9(2)7-18-13/h3-7H,1-2H3. The van der Waals surface area contributed by atoms with Gasteiger partial charge >= 0.3 is 0 Å². The fourth-order valence-corrected chi connectivity index (χ4v) is 1.62. The molecule has 0 aliphatic rings. The van der Waals surface area contributed by atoms with Crippen molar-refractivity contribution in [2.45, 2.75) is 13.8 Å². The van der Waals surface area contributed by atoms with Gasteiger partial charge in [0.25, 0.3) is 0 Å². The first kappa shape index (κ1) is 10.7. The minimum absolute atomic E-state index is 0.498. The van der Waals surface area contributed by atoms with E-state index in [9.17, 15) is 0 Å². The van der Waals surface area contributed by atoms with Gasteiger partial charge in [-0.15, -0.1) is 0 Å². The molecular formula is C13H11N3O2. The average molecular weight is 241 g/mol. The third kappa shape index (κ3) is 1.90. The van der Waals surface area contributed by atoms with E-state index in [1.165, 1.54) is 0 Å². The summed E-state index contributed by atoms with van der Waals surface area (Å²) in [6.07, 6.45) is 3.19. The van der Waals surface area contributed by atoms with Crippen LogP contribution in [0.3, 0.4) is 0 Å². The molecule has 5 heteroatoms. The molecule has 18 heavy (non-hydrogen) atoms. The lowest BCUT2D eigenvalue weighted by atomic mass is 10.3. The van der Waals surface area contributed by atoms with Crippen LogP contribution in [0.5, 0.6) is 0 Å². The summed E-state index contributed by atoms with van der Waals surface area (Å²) in [6, 6.07) is 5.55. The highest BCUT2D eigenvalue weighted by Gasteiger charge is 2.10. The van der Waals surface area contributed by atoms with Crippen molar-refractivity contribution in [1.29, 1.82) is 0 Å². The number of hydrogen-bond donors (Lipinski definition) is 0. The zero-order valence-corrected chi connectivity index (χ0v) is 10.0. The van der Waals surface area contributed by atoms with Crippen molar-refractivity contribution in [3.8, 4) is 23.2 Å². The predicted molar refractivity (Wildman–Crippen MR) is 64.7 cm³/mol. The lowest BCUT2D eigenvalue weighted by molar-refractivity contribution is 0.566. The topological polar surface area (TPSA) is 65.0 Å².